The van der Waals surface area contributed by atoms with Crippen LogP contribution in [0.2, 0.25) is 10.0 Å². The van der Waals surface area contributed by atoms with E-state index in [1.54, 1.807) is 48.5 Å². The number of nitrogens with zero attached hydrogens (tertiary/aromatic N) is 1. The van der Waals surface area contributed by atoms with Crippen LogP contribution in [0, 0.1) is 0 Å². The summed E-state index contributed by atoms with van der Waals surface area (Å²) in [5.74, 6) is -1.33. The molecule has 7 nitrogen and oxygen atoms in total. The van der Waals surface area contributed by atoms with Crippen molar-refractivity contribution in [3.63, 3.8) is 0 Å². The molecule has 0 bridgehead atoms. The summed E-state index contributed by atoms with van der Waals surface area (Å²) in [5.41, 5.74) is 8.29. The zero-order valence-corrected chi connectivity index (χ0v) is 19.5. The number of fused-ring (bicyclic) bond motifs is 1. The molecule has 34 heavy (non-hydrogen) atoms. The van der Waals surface area contributed by atoms with Gasteiger partial charge in [0.1, 0.15) is 12.6 Å². The Bertz CT molecular complexity index is 1230. The zero-order valence-electron chi connectivity index (χ0n) is 18.0. The van der Waals surface area contributed by atoms with Crippen molar-refractivity contribution in [1.29, 1.82) is 0 Å². The minimum Gasteiger partial charge on any atom is -0.368 e. The molecule has 0 aliphatic carbocycles. The van der Waals surface area contributed by atoms with Crippen molar-refractivity contribution in [2.75, 3.05) is 16.8 Å². The van der Waals surface area contributed by atoms with Gasteiger partial charge in [-0.1, -0.05) is 59.6 Å². The van der Waals surface area contributed by atoms with Gasteiger partial charge in [0.2, 0.25) is 11.8 Å². The van der Waals surface area contributed by atoms with Crippen LogP contribution in [0.5, 0.6) is 0 Å². The Labute approximate surface area is 206 Å². The van der Waals surface area contributed by atoms with Crippen LogP contribution in [0.15, 0.2) is 72.8 Å². The summed E-state index contributed by atoms with van der Waals surface area (Å²) in [7, 11) is 0. The van der Waals surface area contributed by atoms with E-state index in [0.717, 1.165) is 11.1 Å². The maximum atomic E-state index is 13.6. The van der Waals surface area contributed by atoms with Gasteiger partial charge < -0.3 is 21.3 Å². The van der Waals surface area contributed by atoms with Crippen LogP contribution in [0.3, 0.4) is 0 Å². The van der Waals surface area contributed by atoms with E-state index in [1.807, 2.05) is 24.3 Å². The van der Waals surface area contributed by atoms with E-state index >= 15 is 0 Å². The van der Waals surface area contributed by atoms with E-state index in [4.69, 9.17) is 28.9 Å². The lowest BCUT2D eigenvalue weighted by molar-refractivity contribution is -0.123. The van der Waals surface area contributed by atoms with Crippen LogP contribution in [0.25, 0.3) is 0 Å². The number of anilines is 2. The highest BCUT2D eigenvalue weighted by Crippen LogP contribution is 2.39. The highest BCUT2D eigenvalue weighted by atomic mass is 35.5. The minimum absolute atomic E-state index is 0.244. The molecule has 0 aromatic heterocycles. The lowest BCUT2D eigenvalue weighted by Gasteiger charge is -2.25. The van der Waals surface area contributed by atoms with Crippen molar-refractivity contribution in [2.24, 2.45) is 5.73 Å². The molecule has 0 fully saturated rings. The van der Waals surface area contributed by atoms with E-state index in [1.165, 1.54) is 4.90 Å². The molecular formula is C25H22Cl2N4O3. The number of nitrogens with one attached hydrogen (secondary N) is 2. The van der Waals surface area contributed by atoms with Crippen molar-refractivity contribution in [3.8, 4) is 0 Å². The van der Waals surface area contributed by atoms with Gasteiger partial charge >= 0.3 is 6.03 Å². The van der Waals surface area contributed by atoms with Crippen LogP contribution in [-0.4, -0.2) is 30.4 Å². The van der Waals surface area contributed by atoms with Gasteiger partial charge in [-0.15, -0.1) is 0 Å². The molecule has 9 heteroatoms. The normalized spacial score (nSPS) is 17.5. The molecule has 174 valence electrons. The summed E-state index contributed by atoms with van der Waals surface area (Å²) in [6.07, 6.45) is 0.274. The Kier molecular flexibility index (Phi) is 7.05. The monoisotopic (exact) mass is 496 g/mol. The van der Waals surface area contributed by atoms with E-state index < -0.39 is 23.9 Å². The molecule has 2 atom stereocenters. The second-order valence-electron chi connectivity index (χ2n) is 7.95. The molecule has 1 heterocycles. The number of carbonyl (C=O) groups is 3. The number of hydrogen-bond acceptors (Lipinski definition) is 3. The van der Waals surface area contributed by atoms with Gasteiger partial charge in [0, 0.05) is 27.3 Å². The summed E-state index contributed by atoms with van der Waals surface area (Å²) in [5, 5.41) is 6.52. The number of para-hydroxylation sites is 1. The van der Waals surface area contributed by atoms with E-state index in [-0.39, 0.29) is 18.9 Å². The number of halogens is 2. The number of nitrogens with two attached hydrogens (primary N) is 1. The molecule has 0 radical (unpaired) electrons. The van der Waals surface area contributed by atoms with Crippen molar-refractivity contribution >= 4 is 52.4 Å². The highest BCUT2D eigenvalue weighted by molar-refractivity contribution is 6.31. The maximum Gasteiger partial charge on any atom is 0.319 e. The first-order valence-corrected chi connectivity index (χ1v) is 11.3. The number of urea groups is 1. The smallest absolute Gasteiger partial charge is 0.319 e. The van der Waals surface area contributed by atoms with Crippen molar-refractivity contribution in [2.45, 2.75) is 18.4 Å². The van der Waals surface area contributed by atoms with Crippen LogP contribution < -0.4 is 21.3 Å². The molecule has 0 saturated carbocycles. The molecule has 3 aromatic carbocycles. The summed E-state index contributed by atoms with van der Waals surface area (Å²) < 4.78 is 0. The second-order valence-corrected chi connectivity index (χ2v) is 8.82. The molecule has 1 aliphatic rings. The van der Waals surface area contributed by atoms with Gasteiger partial charge in [-0.25, -0.2) is 4.79 Å². The van der Waals surface area contributed by atoms with Crippen molar-refractivity contribution in [3.05, 3.63) is 94.0 Å². The Hall–Kier alpha value is -3.55. The predicted molar refractivity (Wildman–Crippen MR) is 133 cm³/mol. The third-order valence-corrected chi connectivity index (χ3v) is 6.10. The van der Waals surface area contributed by atoms with Gasteiger partial charge in [0.15, 0.2) is 0 Å². The van der Waals surface area contributed by atoms with E-state index in [2.05, 4.69) is 10.6 Å². The van der Waals surface area contributed by atoms with E-state index in [9.17, 15) is 14.4 Å². The standard InChI is InChI=1S/C25H22Cl2N4O3/c26-16-10-8-15(9-11-16)20-13-21(30-25(34)29-18-5-3-4-17(27)12-18)24(33)31(14-23(28)32)22-7-2-1-6-19(20)22/h1-12,20-21H,13-14H2,(H2,28,32)(H2,29,30,34). The average molecular weight is 497 g/mol. The van der Waals surface area contributed by atoms with Crippen LogP contribution in [-0.2, 0) is 9.59 Å². The summed E-state index contributed by atoms with van der Waals surface area (Å²) >= 11 is 12.1. The topological polar surface area (TPSA) is 105 Å². The SMILES string of the molecule is NC(=O)CN1C(=O)C(NC(=O)Nc2cccc(Cl)c2)CC(c2ccc(Cl)cc2)c2ccccc21. The first-order valence-electron chi connectivity index (χ1n) is 10.6. The highest BCUT2D eigenvalue weighted by Gasteiger charge is 2.37. The zero-order chi connectivity index (χ0) is 24.2. The molecule has 4 N–H and O–H groups in total. The fourth-order valence-corrected chi connectivity index (χ4v) is 4.46. The van der Waals surface area contributed by atoms with Gasteiger partial charge in [-0.3, -0.25) is 9.59 Å². The third kappa shape index (κ3) is 5.32. The Balaban J connectivity index is 1.70. The van der Waals surface area contributed by atoms with Crippen LogP contribution in [0.4, 0.5) is 16.2 Å². The second kappa shape index (κ2) is 10.2. The van der Waals surface area contributed by atoms with Gasteiger partial charge in [-0.05, 0) is 53.9 Å². The first-order chi connectivity index (χ1) is 16.3. The molecule has 2 unspecified atom stereocenters. The largest absolute Gasteiger partial charge is 0.368 e. The Morgan fingerprint density at radius 3 is 2.41 bits per heavy atom. The van der Waals surface area contributed by atoms with E-state index in [0.29, 0.717) is 21.4 Å². The Morgan fingerprint density at radius 2 is 1.71 bits per heavy atom. The number of carbonyl (C=O) groups excluding carboxylic acids is 3. The predicted octanol–water partition coefficient (Wildman–Crippen LogP) is 4.54. The molecule has 0 spiro atoms. The van der Waals surface area contributed by atoms with Crippen LogP contribution in [0.1, 0.15) is 23.5 Å². The lowest BCUT2D eigenvalue weighted by atomic mass is 9.86. The number of benzene rings is 3. The molecule has 1 aliphatic heterocycles. The van der Waals surface area contributed by atoms with Crippen molar-refractivity contribution < 1.29 is 14.4 Å². The average Bonchev–Trinajstić information content (AvgIpc) is 2.90. The maximum absolute atomic E-state index is 13.6. The van der Waals surface area contributed by atoms with Gasteiger partial charge in [0.25, 0.3) is 0 Å². The quantitative estimate of drug-likeness (QED) is 0.482. The first kappa shape index (κ1) is 23.6. The van der Waals surface area contributed by atoms with Crippen LogP contribution >= 0.6 is 23.2 Å². The lowest BCUT2D eigenvalue weighted by Crippen LogP contribution is -2.51. The summed E-state index contributed by atoms with van der Waals surface area (Å²) in [4.78, 5) is 39.5. The molecule has 3 aromatic rings. The van der Waals surface area contributed by atoms with Crippen molar-refractivity contribution in [1.82, 2.24) is 5.32 Å². The fourth-order valence-electron chi connectivity index (χ4n) is 4.14. The molecule has 4 amide bonds. The number of rotatable bonds is 5. The fraction of sp³-hybridized carbons (Fsp3) is 0.160. The summed E-state index contributed by atoms with van der Waals surface area (Å²) in [6, 6.07) is 19.9. The Morgan fingerprint density at radius 1 is 0.971 bits per heavy atom. The molecule has 4 rings (SSSR count). The van der Waals surface area contributed by atoms with Gasteiger partial charge in [-0.2, -0.15) is 0 Å². The van der Waals surface area contributed by atoms with Gasteiger partial charge in [0.05, 0.1) is 0 Å². The number of hydrogen-bond donors (Lipinski definition) is 3. The number of primary amides is 1. The molecule has 0 saturated heterocycles. The minimum atomic E-state index is -0.924. The number of amides is 4. The molecular weight excluding hydrogens is 475 g/mol. The summed E-state index contributed by atoms with van der Waals surface area (Å²) in [6.45, 7) is -0.308. The third-order valence-electron chi connectivity index (χ3n) is 5.61.